The van der Waals surface area contributed by atoms with Crippen LogP contribution in [0.5, 0.6) is 11.5 Å². The number of nitrogens with zero attached hydrogens (tertiary/aromatic N) is 2. The topological polar surface area (TPSA) is 126 Å². The third kappa shape index (κ3) is 4.02. The lowest BCUT2D eigenvalue weighted by atomic mass is 10.1. The Bertz CT molecular complexity index is 835. The zero-order valence-electron chi connectivity index (χ0n) is 13.4. The Balaban J connectivity index is 2.30. The summed E-state index contributed by atoms with van der Waals surface area (Å²) >= 11 is 0. The van der Waals surface area contributed by atoms with E-state index in [1.54, 1.807) is 6.07 Å². The van der Waals surface area contributed by atoms with Crippen molar-refractivity contribution in [3.05, 3.63) is 57.6 Å². The largest absolute Gasteiger partial charge is 0.545 e. The summed E-state index contributed by atoms with van der Waals surface area (Å²) < 4.78 is 10.1. The van der Waals surface area contributed by atoms with Gasteiger partial charge in [0, 0.05) is 17.7 Å². The summed E-state index contributed by atoms with van der Waals surface area (Å²) in [5.41, 5.74) is 2.88. The van der Waals surface area contributed by atoms with Crippen molar-refractivity contribution in [1.82, 2.24) is 0 Å². The predicted molar refractivity (Wildman–Crippen MR) is 88.2 cm³/mol. The van der Waals surface area contributed by atoms with Crippen molar-refractivity contribution in [2.75, 3.05) is 19.6 Å². The van der Waals surface area contributed by atoms with Gasteiger partial charge in [0.15, 0.2) is 11.5 Å². The van der Waals surface area contributed by atoms with Gasteiger partial charge in [-0.25, -0.2) is 0 Å². The Morgan fingerprint density at radius 1 is 1.24 bits per heavy atom. The van der Waals surface area contributed by atoms with E-state index in [0.717, 1.165) is 0 Å². The van der Waals surface area contributed by atoms with E-state index in [1.165, 1.54) is 50.8 Å². The molecule has 0 fully saturated rings. The minimum atomic E-state index is -1.45. The first-order chi connectivity index (χ1) is 12.0. The van der Waals surface area contributed by atoms with Gasteiger partial charge in [0.25, 0.3) is 5.69 Å². The standard InChI is InChI=1S/C16H15N3O6/c1-24-13-7-6-10(14(16(20)21)15(13)25-2)9-17-18-11-4-3-5-12(8-11)19(22)23/h3-9,18H,1-2H3,(H,20,21)/p-1/b17-9-. The summed E-state index contributed by atoms with van der Waals surface area (Å²) in [6.45, 7) is 0. The molecule has 1 N–H and O–H groups in total. The van der Waals surface area contributed by atoms with Gasteiger partial charge in [-0.05, 0) is 18.2 Å². The highest BCUT2D eigenvalue weighted by Crippen LogP contribution is 2.32. The van der Waals surface area contributed by atoms with Crippen LogP contribution in [0.2, 0.25) is 0 Å². The van der Waals surface area contributed by atoms with Gasteiger partial charge >= 0.3 is 0 Å². The predicted octanol–water partition coefficient (Wildman–Crippen LogP) is 1.42. The summed E-state index contributed by atoms with van der Waals surface area (Å²) in [5, 5.41) is 26.1. The smallest absolute Gasteiger partial charge is 0.271 e. The number of nitro benzene ring substituents is 1. The first-order valence-electron chi connectivity index (χ1n) is 6.97. The number of non-ortho nitro benzene ring substituents is 1. The van der Waals surface area contributed by atoms with E-state index in [4.69, 9.17) is 9.47 Å². The molecular weight excluding hydrogens is 330 g/mol. The summed E-state index contributed by atoms with van der Waals surface area (Å²) in [7, 11) is 2.70. The third-order valence-corrected chi connectivity index (χ3v) is 3.24. The zero-order valence-corrected chi connectivity index (χ0v) is 13.4. The van der Waals surface area contributed by atoms with Gasteiger partial charge in [-0.2, -0.15) is 5.10 Å². The summed E-state index contributed by atoms with van der Waals surface area (Å²) in [6, 6.07) is 8.73. The molecule has 2 rings (SSSR count). The van der Waals surface area contributed by atoms with E-state index in [0.29, 0.717) is 5.69 Å². The first kappa shape index (κ1) is 17.7. The van der Waals surface area contributed by atoms with Crippen LogP contribution in [0.4, 0.5) is 11.4 Å². The molecule has 0 radical (unpaired) electrons. The number of carboxylic acids is 1. The number of nitrogens with one attached hydrogen (secondary N) is 1. The highest BCUT2D eigenvalue weighted by molar-refractivity contribution is 6.01. The van der Waals surface area contributed by atoms with Crippen LogP contribution >= 0.6 is 0 Å². The normalized spacial score (nSPS) is 10.5. The lowest BCUT2D eigenvalue weighted by Crippen LogP contribution is -2.25. The number of nitro groups is 1. The Kier molecular flexibility index (Phi) is 5.51. The Labute approximate surface area is 142 Å². The average molecular weight is 344 g/mol. The molecule has 2 aromatic rings. The molecule has 0 atom stereocenters. The van der Waals surface area contributed by atoms with Gasteiger partial charge in [0.1, 0.15) is 0 Å². The molecular formula is C16H14N3O6-. The number of carbonyl (C=O) groups excluding carboxylic acids is 1. The highest BCUT2D eigenvalue weighted by atomic mass is 16.6. The molecule has 0 bridgehead atoms. The number of hydrogen-bond donors (Lipinski definition) is 1. The Morgan fingerprint density at radius 2 is 2.00 bits per heavy atom. The summed E-state index contributed by atoms with van der Waals surface area (Å²) in [5.74, 6) is -1.19. The molecule has 0 saturated carbocycles. The van der Waals surface area contributed by atoms with Crippen molar-refractivity contribution in [2.24, 2.45) is 5.10 Å². The van der Waals surface area contributed by atoms with Gasteiger partial charge in [0.2, 0.25) is 0 Å². The van der Waals surface area contributed by atoms with Crippen molar-refractivity contribution >= 4 is 23.6 Å². The van der Waals surface area contributed by atoms with Gasteiger partial charge in [0.05, 0.1) is 42.6 Å². The molecule has 9 nitrogen and oxygen atoms in total. The molecule has 130 valence electrons. The number of carbonyl (C=O) groups is 1. The highest BCUT2D eigenvalue weighted by Gasteiger charge is 2.15. The fourth-order valence-electron chi connectivity index (χ4n) is 2.13. The molecule has 25 heavy (non-hydrogen) atoms. The zero-order chi connectivity index (χ0) is 18.4. The number of aromatic carboxylic acids is 1. The lowest BCUT2D eigenvalue weighted by Gasteiger charge is -2.15. The molecule has 0 heterocycles. The number of ether oxygens (including phenoxy) is 2. The maximum Gasteiger partial charge on any atom is 0.271 e. The molecule has 0 saturated heterocycles. The number of benzene rings is 2. The molecule has 0 aromatic heterocycles. The Morgan fingerprint density at radius 3 is 2.60 bits per heavy atom. The van der Waals surface area contributed by atoms with E-state index in [9.17, 15) is 20.0 Å². The minimum absolute atomic E-state index is 0.0156. The van der Waals surface area contributed by atoms with Crippen LogP contribution in [0, 0.1) is 10.1 Å². The van der Waals surface area contributed by atoms with Crippen molar-refractivity contribution in [2.45, 2.75) is 0 Å². The maximum atomic E-state index is 11.4. The fourth-order valence-corrected chi connectivity index (χ4v) is 2.13. The summed E-state index contributed by atoms with van der Waals surface area (Å²) in [6.07, 6.45) is 1.24. The average Bonchev–Trinajstić information content (AvgIpc) is 2.61. The van der Waals surface area contributed by atoms with Crippen molar-refractivity contribution in [3.8, 4) is 11.5 Å². The van der Waals surface area contributed by atoms with Crippen LogP contribution in [0.15, 0.2) is 41.5 Å². The second kappa shape index (κ2) is 7.77. The lowest BCUT2D eigenvalue weighted by molar-refractivity contribution is -0.384. The van der Waals surface area contributed by atoms with Crippen LogP contribution in [0.1, 0.15) is 15.9 Å². The van der Waals surface area contributed by atoms with Crippen LogP contribution in [0.25, 0.3) is 0 Å². The first-order valence-corrected chi connectivity index (χ1v) is 6.97. The molecule has 0 aliphatic rings. The van der Waals surface area contributed by atoms with Crippen molar-refractivity contribution in [3.63, 3.8) is 0 Å². The van der Waals surface area contributed by atoms with E-state index in [2.05, 4.69) is 10.5 Å². The molecule has 0 amide bonds. The third-order valence-electron chi connectivity index (χ3n) is 3.24. The molecule has 0 aliphatic heterocycles. The van der Waals surface area contributed by atoms with Crippen LogP contribution in [0.3, 0.4) is 0 Å². The number of rotatable bonds is 7. The molecule has 2 aromatic carbocycles. The second-order valence-corrected chi connectivity index (χ2v) is 4.73. The fraction of sp³-hybridized carbons (Fsp3) is 0.125. The van der Waals surface area contributed by atoms with E-state index < -0.39 is 10.9 Å². The molecule has 0 unspecified atom stereocenters. The number of hydrogen-bond acceptors (Lipinski definition) is 8. The van der Waals surface area contributed by atoms with Crippen LogP contribution < -0.4 is 20.0 Å². The van der Waals surface area contributed by atoms with Crippen LogP contribution in [-0.2, 0) is 0 Å². The molecule has 0 aliphatic carbocycles. The van der Waals surface area contributed by atoms with E-state index >= 15 is 0 Å². The number of hydrazone groups is 1. The van der Waals surface area contributed by atoms with Crippen LogP contribution in [-0.4, -0.2) is 31.3 Å². The van der Waals surface area contributed by atoms with E-state index in [1.807, 2.05) is 0 Å². The van der Waals surface area contributed by atoms with E-state index in [-0.39, 0.29) is 28.3 Å². The maximum absolute atomic E-state index is 11.4. The van der Waals surface area contributed by atoms with Gasteiger partial charge in [-0.1, -0.05) is 6.07 Å². The van der Waals surface area contributed by atoms with Crippen molar-refractivity contribution in [1.29, 1.82) is 0 Å². The monoisotopic (exact) mass is 344 g/mol. The second-order valence-electron chi connectivity index (χ2n) is 4.73. The number of anilines is 1. The number of carboxylic acid groups (broad SMARTS) is 1. The Hall–Kier alpha value is -3.62. The van der Waals surface area contributed by atoms with Gasteiger partial charge in [-0.3, -0.25) is 15.5 Å². The van der Waals surface area contributed by atoms with Gasteiger partial charge in [-0.15, -0.1) is 0 Å². The minimum Gasteiger partial charge on any atom is -0.545 e. The molecule has 0 spiro atoms. The van der Waals surface area contributed by atoms with Crippen molar-refractivity contribution < 1.29 is 24.3 Å². The number of methoxy groups -OCH3 is 2. The SMILES string of the molecule is COc1ccc(/C=N\Nc2cccc([N+](=O)[O-])c2)c(C(=O)[O-])c1OC. The quantitative estimate of drug-likeness (QED) is 0.457. The molecule has 9 heteroatoms. The summed E-state index contributed by atoms with van der Waals surface area (Å²) in [4.78, 5) is 21.6. The van der Waals surface area contributed by atoms with Gasteiger partial charge < -0.3 is 19.4 Å².